The molecular weight excluding hydrogens is 366 g/mol. The Kier molecular flexibility index (Phi) is 5.00. The van der Waals surface area contributed by atoms with Crippen LogP contribution in [0.1, 0.15) is 32.3 Å². The zero-order valence-corrected chi connectivity index (χ0v) is 16.7. The number of amides is 1. The molecule has 1 N–H and O–H groups in total. The zero-order chi connectivity index (χ0) is 19.2. The van der Waals surface area contributed by atoms with Crippen LogP contribution in [0.2, 0.25) is 0 Å². The van der Waals surface area contributed by atoms with Gasteiger partial charge in [0.05, 0.1) is 17.6 Å². The minimum Gasteiger partial charge on any atom is -0.376 e. The molecule has 4 rings (SSSR count). The number of ether oxygens (including phenoxy) is 1. The summed E-state index contributed by atoms with van der Waals surface area (Å²) in [6.07, 6.45) is 2.61. The first-order chi connectivity index (χ1) is 12.8. The maximum Gasteiger partial charge on any atom is 0.240 e. The van der Waals surface area contributed by atoms with Crippen LogP contribution in [-0.2, 0) is 26.0 Å². The number of rotatable bonds is 3. The maximum absolute atomic E-state index is 12.9. The first kappa shape index (κ1) is 18.9. The fourth-order valence-corrected chi connectivity index (χ4v) is 5.77. The number of aryl methyl sites for hydroxylation is 1. The topological polar surface area (TPSA) is 79.0 Å². The third kappa shape index (κ3) is 3.76. The van der Waals surface area contributed by atoms with Gasteiger partial charge in [-0.2, -0.15) is 0 Å². The molecule has 0 saturated carbocycles. The third-order valence-electron chi connectivity index (χ3n) is 5.77. The molecule has 2 saturated heterocycles. The van der Waals surface area contributed by atoms with Gasteiger partial charge in [0, 0.05) is 44.3 Å². The van der Waals surface area contributed by atoms with Crippen molar-refractivity contribution in [2.24, 2.45) is 0 Å². The molecule has 0 aromatic heterocycles. The van der Waals surface area contributed by atoms with Crippen molar-refractivity contribution in [1.29, 1.82) is 0 Å². The molecule has 0 bridgehead atoms. The van der Waals surface area contributed by atoms with Crippen LogP contribution in [0, 0.1) is 0 Å². The van der Waals surface area contributed by atoms with Crippen molar-refractivity contribution in [2.75, 3.05) is 31.1 Å². The summed E-state index contributed by atoms with van der Waals surface area (Å²) in [5, 5.41) is 0. The number of nitrogens with zero attached hydrogens (tertiary/aromatic N) is 2. The van der Waals surface area contributed by atoms with Gasteiger partial charge in [-0.15, -0.1) is 0 Å². The third-order valence-corrected chi connectivity index (χ3v) is 7.29. The largest absolute Gasteiger partial charge is 0.376 e. The minimum absolute atomic E-state index is 0.0104. The van der Waals surface area contributed by atoms with Crippen LogP contribution in [0.25, 0.3) is 0 Å². The van der Waals surface area contributed by atoms with Gasteiger partial charge in [0.2, 0.25) is 15.9 Å². The number of hydrogen-bond acceptors (Lipinski definition) is 5. The van der Waals surface area contributed by atoms with Crippen molar-refractivity contribution in [3.8, 4) is 0 Å². The Morgan fingerprint density at radius 1 is 1.30 bits per heavy atom. The molecule has 3 atom stereocenters. The number of anilines is 1. The van der Waals surface area contributed by atoms with Crippen LogP contribution in [0.3, 0.4) is 0 Å². The van der Waals surface area contributed by atoms with Gasteiger partial charge in [-0.3, -0.25) is 9.69 Å². The molecule has 7 nitrogen and oxygen atoms in total. The highest BCUT2D eigenvalue weighted by atomic mass is 32.2. The second kappa shape index (κ2) is 7.16. The van der Waals surface area contributed by atoms with Crippen molar-refractivity contribution in [3.63, 3.8) is 0 Å². The van der Waals surface area contributed by atoms with Gasteiger partial charge in [0.1, 0.15) is 0 Å². The van der Waals surface area contributed by atoms with Crippen molar-refractivity contribution < 1.29 is 17.9 Å². The van der Waals surface area contributed by atoms with E-state index >= 15 is 0 Å². The van der Waals surface area contributed by atoms with E-state index in [0.717, 1.165) is 43.6 Å². The molecule has 0 unspecified atom stereocenters. The van der Waals surface area contributed by atoms with E-state index in [-0.39, 0.29) is 22.9 Å². The Hall–Kier alpha value is -1.48. The minimum atomic E-state index is -3.59. The molecule has 27 heavy (non-hydrogen) atoms. The second-order valence-corrected chi connectivity index (χ2v) is 9.58. The molecule has 0 radical (unpaired) electrons. The van der Waals surface area contributed by atoms with Gasteiger partial charge in [-0.05, 0) is 49.9 Å². The van der Waals surface area contributed by atoms with E-state index in [9.17, 15) is 13.2 Å². The standard InChI is InChI=1S/C19H27N3O4S/c1-13-10-21-11-16(9-17(21)12-26-13)20-27(24,25)18-5-6-19-15(8-18)4-3-7-22(19)14(2)23/h5-6,8,13,16-17,20H,3-4,7,9-12H2,1-2H3/t13-,16-,17+/m1/s1. The van der Waals surface area contributed by atoms with Crippen LogP contribution in [0.4, 0.5) is 5.69 Å². The maximum atomic E-state index is 12.9. The average Bonchev–Trinajstić information content (AvgIpc) is 3.01. The van der Waals surface area contributed by atoms with E-state index in [1.807, 2.05) is 6.92 Å². The molecule has 3 aliphatic heterocycles. The molecule has 3 aliphatic rings. The number of hydrogen-bond donors (Lipinski definition) is 1. The van der Waals surface area contributed by atoms with Crippen LogP contribution in [0.15, 0.2) is 23.1 Å². The highest BCUT2D eigenvalue weighted by Gasteiger charge is 2.38. The van der Waals surface area contributed by atoms with Crippen molar-refractivity contribution in [3.05, 3.63) is 23.8 Å². The van der Waals surface area contributed by atoms with Crippen molar-refractivity contribution >= 4 is 21.6 Å². The summed E-state index contributed by atoms with van der Waals surface area (Å²) in [5.74, 6) is -0.0104. The highest BCUT2D eigenvalue weighted by molar-refractivity contribution is 7.89. The molecule has 2 fully saturated rings. The number of morpholine rings is 1. The van der Waals surface area contributed by atoms with Gasteiger partial charge in [-0.25, -0.2) is 13.1 Å². The summed E-state index contributed by atoms with van der Waals surface area (Å²) < 4.78 is 34.4. The predicted octanol–water partition coefficient (Wildman–Crippen LogP) is 1.13. The molecule has 3 heterocycles. The molecule has 1 amide bonds. The van der Waals surface area contributed by atoms with E-state index in [1.165, 1.54) is 0 Å². The lowest BCUT2D eigenvalue weighted by Crippen LogP contribution is -2.45. The molecule has 8 heteroatoms. The quantitative estimate of drug-likeness (QED) is 0.833. The predicted molar refractivity (Wildman–Crippen MR) is 102 cm³/mol. The van der Waals surface area contributed by atoms with Crippen LogP contribution < -0.4 is 9.62 Å². The van der Waals surface area contributed by atoms with Gasteiger partial charge in [0.25, 0.3) is 0 Å². The summed E-state index contributed by atoms with van der Waals surface area (Å²) in [4.78, 5) is 16.1. The van der Waals surface area contributed by atoms with Crippen LogP contribution in [-0.4, -0.2) is 63.7 Å². The van der Waals surface area contributed by atoms with E-state index < -0.39 is 10.0 Å². The zero-order valence-electron chi connectivity index (χ0n) is 15.8. The Bertz CT molecular complexity index is 841. The van der Waals surface area contributed by atoms with Crippen molar-refractivity contribution in [2.45, 2.75) is 56.2 Å². The number of nitrogens with one attached hydrogen (secondary N) is 1. The number of fused-ring (bicyclic) bond motifs is 2. The average molecular weight is 394 g/mol. The summed E-state index contributed by atoms with van der Waals surface area (Å²) in [6, 6.07) is 5.29. The van der Waals surface area contributed by atoms with E-state index in [2.05, 4.69) is 9.62 Å². The fourth-order valence-electron chi connectivity index (χ4n) is 4.48. The van der Waals surface area contributed by atoms with Crippen LogP contribution >= 0.6 is 0 Å². The van der Waals surface area contributed by atoms with E-state index in [4.69, 9.17) is 4.74 Å². The highest BCUT2D eigenvalue weighted by Crippen LogP contribution is 2.30. The molecule has 148 valence electrons. The summed E-state index contributed by atoms with van der Waals surface area (Å²) >= 11 is 0. The van der Waals surface area contributed by atoms with Crippen molar-refractivity contribution in [1.82, 2.24) is 9.62 Å². The van der Waals surface area contributed by atoms with Gasteiger partial charge in [-0.1, -0.05) is 0 Å². The van der Waals surface area contributed by atoms with E-state index in [1.54, 1.807) is 30.0 Å². The number of sulfonamides is 1. The summed E-state index contributed by atoms with van der Waals surface area (Å²) in [5.41, 5.74) is 1.75. The first-order valence-corrected chi connectivity index (χ1v) is 11.1. The molecule has 0 spiro atoms. The van der Waals surface area contributed by atoms with Gasteiger partial charge in [0.15, 0.2) is 0 Å². The van der Waals surface area contributed by atoms with Crippen LogP contribution in [0.5, 0.6) is 0 Å². The smallest absolute Gasteiger partial charge is 0.240 e. The monoisotopic (exact) mass is 393 g/mol. The molecule has 1 aromatic carbocycles. The second-order valence-electron chi connectivity index (χ2n) is 7.87. The SMILES string of the molecule is CC(=O)N1CCCc2cc(S(=O)(=O)N[C@@H]3C[C@H]4CO[C@H](C)CN4C3)ccc21. The Morgan fingerprint density at radius 3 is 2.89 bits per heavy atom. The molecular formula is C19H27N3O4S. The number of carbonyl (C=O) groups excluding carboxylic acids is 1. The van der Waals surface area contributed by atoms with Gasteiger partial charge >= 0.3 is 0 Å². The molecule has 0 aliphatic carbocycles. The Morgan fingerprint density at radius 2 is 2.11 bits per heavy atom. The van der Waals surface area contributed by atoms with Gasteiger partial charge < -0.3 is 9.64 Å². The lowest BCUT2D eigenvalue weighted by atomic mass is 10.0. The normalized spacial score (nSPS) is 28.7. The summed E-state index contributed by atoms with van der Waals surface area (Å²) in [7, 11) is -3.59. The Balaban J connectivity index is 1.50. The fraction of sp³-hybridized carbons (Fsp3) is 0.632. The van der Waals surface area contributed by atoms with E-state index in [0.29, 0.717) is 19.2 Å². The lowest BCUT2D eigenvalue weighted by Gasteiger charge is -2.33. The molecule has 1 aromatic rings. The number of carbonyl (C=O) groups is 1. The first-order valence-electron chi connectivity index (χ1n) is 9.62. The number of benzene rings is 1. The lowest BCUT2D eigenvalue weighted by molar-refractivity contribution is -0.116. The Labute approximate surface area is 160 Å². The summed E-state index contributed by atoms with van der Waals surface area (Å²) in [6.45, 7) is 6.51.